The Bertz CT molecular complexity index is 564. The number of benzene rings is 1. The van der Waals surface area contributed by atoms with Crippen molar-refractivity contribution in [3.8, 4) is 0 Å². The van der Waals surface area contributed by atoms with Crippen LogP contribution in [0.1, 0.15) is 12.7 Å². The maximum absolute atomic E-state index is 11.9. The van der Waals surface area contributed by atoms with E-state index in [0.717, 1.165) is 5.69 Å². The third-order valence-corrected chi connectivity index (χ3v) is 3.26. The fourth-order valence-electron chi connectivity index (χ4n) is 1.99. The van der Waals surface area contributed by atoms with E-state index >= 15 is 0 Å². The van der Waals surface area contributed by atoms with Gasteiger partial charge in [0.15, 0.2) is 0 Å². The maximum atomic E-state index is 11.9. The molecule has 0 saturated carbocycles. The fraction of sp³-hybridized carbons (Fsp3) is 0.312. The molecule has 1 aromatic heterocycles. The first kappa shape index (κ1) is 15.1. The van der Waals surface area contributed by atoms with Crippen molar-refractivity contribution in [3.05, 3.63) is 54.5 Å². The van der Waals surface area contributed by atoms with Crippen LogP contribution in [0.25, 0.3) is 0 Å². The molecule has 5 nitrogen and oxygen atoms in total. The number of anilines is 1. The predicted octanol–water partition coefficient (Wildman–Crippen LogP) is 1.74. The molecule has 2 rings (SSSR count). The average Bonchev–Trinajstić information content (AvgIpc) is 3.01. The van der Waals surface area contributed by atoms with Crippen LogP contribution >= 0.6 is 0 Å². The van der Waals surface area contributed by atoms with Crippen LogP contribution in [-0.2, 0) is 10.4 Å². The number of furan rings is 1. The third-order valence-electron chi connectivity index (χ3n) is 3.26. The Morgan fingerprint density at radius 2 is 2.00 bits per heavy atom. The Kier molecular flexibility index (Phi) is 4.65. The van der Waals surface area contributed by atoms with E-state index < -0.39 is 5.60 Å². The first-order chi connectivity index (χ1) is 9.99. The molecule has 1 atom stereocenters. The predicted molar refractivity (Wildman–Crippen MR) is 81.0 cm³/mol. The van der Waals surface area contributed by atoms with Crippen molar-refractivity contribution in [2.75, 3.05) is 25.0 Å². The Morgan fingerprint density at radius 1 is 1.29 bits per heavy atom. The lowest BCUT2D eigenvalue weighted by atomic mass is 10.0. The summed E-state index contributed by atoms with van der Waals surface area (Å²) < 4.78 is 5.17. The van der Waals surface area contributed by atoms with Gasteiger partial charge in [-0.25, -0.2) is 0 Å². The van der Waals surface area contributed by atoms with Gasteiger partial charge in [-0.05, 0) is 31.2 Å². The zero-order valence-corrected chi connectivity index (χ0v) is 12.2. The molecule has 0 saturated heterocycles. The Morgan fingerprint density at radius 3 is 2.62 bits per heavy atom. The van der Waals surface area contributed by atoms with E-state index in [-0.39, 0.29) is 19.0 Å². The molecule has 2 aromatic rings. The summed E-state index contributed by atoms with van der Waals surface area (Å²) in [6.07, 6.45) is 1.49. The van der Waals surface area contributed by atoms with Gasteiger partial charge < -0.3 is 19.7 Å². The van der Waals surface area contributed by atoms with Gasteiger partial charge in [-0.1, -0.05) is 18.2 Å². The van der Waals surface area contributed by atoms with Crippen molar-refractivity contribution in [2.24, 2.45) is 0 Å². The number of nitrogens with zero attached hydrogens (tertiary/aromatic N) is 1. The molecule has 0 bridgehead atoms. The Hall–Kier alpha value is -2.27. The van der Waals surface area contributed by atoms with Crippen molar-refractivity contribution >= 4 is 11.6 Å². The second-order valence-corrected chi connectivity index (χ2v) is 5.22. The first-order valence-electron chi connectivity index (χ1n) is 6.78. The van der Waals surface area contributed by atoms with Gasteiger partial charge in [0.1, 0.15) is 11.4 Å². The molecule has 0 fully saturated rings. The average molecular weight is 288 g/mol. The fourth-order valence-corrected chi connectivity index (χ4v) is 1.99. The second kappa shape index (κ2) is 6.45. The zero-order chi connectivity index (χ0) is 15.3. The van der Waals surface area contributed by atoms with Crippen molar-refractivity contribution in [1.82, 2.24) is 5.32 Å². The minimum atomic E-state index is -1.22. The summed E-state index contributed by atoms with van der Waals surface area (Å²) >= 11 is 0. The number of hydrogen-bond acceptors (Lipinski definition) is 4. The van der Waals surface area contributed by atoms with E-state index in [1.54, 1.807) is 19.1 Å². The van der Waals surface area contributed by atoms with E-state index in [9.17, 15) is 9.90 Å². The van der Waals surface area contributed by atoms with Gasteiger partial charge >= 0.3 is 0 Å². The molecule has 5 heteroatoms. The molecular formula is C16H20N2O3. The second-order valence-electron chi connectivity index (χ2n) is 5.22. The van der Waals surface area contributed by atoms with Crippen LogP contribution in [0, 0.1) is 0 Å². The normalized spacial score (nSPS) is 13.5. The maximum Gasteiger partial charge on any atom is 0.239 e. The van der Waals surface area contributed by atoms with Crippen LogP contribution in [0.2, 0.25) is 0 Å². The summed E-state index contributed by atoms with van der Waals surface area (Å²) in [7, 11) is 1.85. The molecule has 1 unspecified atom stereocenters. The monoisotopic (exact) mass is 288 g/mol. The largest absolute Gasteiger partial charge is 0.466 e. The molecule has 0 aliphatic rings. The molecule has 0 aliphatic heterocycles. The van der Waals surface area contributed by atoms with Crippen LogP contribution < -0.4 is 10.2 Å². The molecule has 21 heavy (non-hydrogen) atoms. The minimum absolute atomic E-state index is 0.0992. The summed E-state index contributed by atoms with van der Waals surface area (Å²) in [5.41, 5.74) is -0.254. The van der Waals surface area contributed by atoms with E-state index in [2.05, 4.69) is 5.32 Å². The molecule has 1 aromatic carbocycles. The van der Waals surface area contributed by atoms with Gasteiger partial charge in [-0.15, -0.1) is 0 Å². The summed E-state index contributed by atoms with van der Waals surface area (Å²) in [6, 6.07) is 13.0. The van der Waals surface area contributed by atoms with Crippen LogP contribution in [-0.4, -0.2) is 31.2 Å². The quantitative estimate of drug-likeness (QED) is 0.850. The zero-order valence-electron chi connectivity index (χ0n) is 12.2. The SMILES string of the molecule is CN(CC(=O)NCC(C)(O)c1ccco1)c1ccccc1. The molecule has 0 radical (unpaired) electrons. The molecular weight excluding hydrogens is 268 g/mol. The van der Waals surface area contributed by atoms with E-state index in [1.165, 1.54) is 6.26 Å². The highest BCUT2D eigenvalue weighted by Gasteiger charge is 2.26. The van der Waals surface area contributed by atoms with Crippen LogP contribution in [0.5, 0.6) is 0 Å². The highest BCUT2D eigenvalue weighted by molar-refractivity contribution is 5.81. The molecule has 1 amide bonds. The summed E-state index contributed by atoms with van der Waals surface area (Å²) in [4.78, 5) is 13.8. The summed E-state index contributed by atoms with van der Waals surface area (Å²) in [6.45, 7) is 1.92. The van der Waals surface area contributed by atoms with Gasteiger partial charge in [-0.2, -0.15) is 0 Å². The number of para-hydroxylation sites is 1. The van der Waals surface area contributed by atoms with E-state index in [0.29, 0.717) is 5.76 Å². The van der Waals surface area contributed by atoms with Crippen molar-refractivity contribution < 1.29 is 14.3 Å². The van der Waals surface area contributed by atoms with Gasteiger partial charge in [-0.3, -0.25) is 4.79 Å². The van der Waals surface area contributed by atoms with Crippen molar-refractivity contribution in [3.63, 3.8) is 0 Å². The lowest BCUT2D eigenvalue weighted by molar-refractivity contribution is -0.121. The summed E-state index contributed by atoms with van der Waals surface area (Å²) in [5, 5.41) is 13.0. The number of likely N-dealkylation sites (N-methyl/N-ethyl adjacent to an activating group) is 1. The van der Waals surface area contributed by atoms with Crippen LogP contribution in [0.15, 0.2) is 53.1 Å². The third kappa shape index (κ3) is 4.10. The van der Waals surface area contributed by atoms with Crippen molar-refractivity contribution in [2.45, 2.75) is 12.5 Å². The van der Waals surface area contributed by atoms with E-state index in [4.69, 9.17) is 4.42 Å². The minimum Gasteiger partial charge on any atom is -0.466 e. The van der Waals surface area contributed by atoms with Crippen molar-refractivity contribution in [1.29, 1.82) is 0 Å². The molecule has 0 spiro atoms. The van der Waals surface area contributed by atoms with E-state index in [1.807, 2.05) is 42.3 Å². The number of nitrogens with one attached hydrogen (secondary N) is 1. The number of carbonyl (C=O) groups excluding carboxylic acids is 1. The molecule has 112 valence electrons. The number of hydrogen-bond donors (Lipinski definition) is 2. The molecule has 2 N–H and O–H groups in total. The lowest BCUT2D eigenvalue weighted by Crippen LogP contribution is -2.42. The highest BCUT2D eigenvalue weighted by atomic mass is 16.4. The highest BCUT2D eigenvalue weighted by Crippen LogP contribution is 2.19. The molecule has 1 heterocycles. The first-order valence-corrected chi connectivity index (χ1v) is 6.78. The number of carbonyl (C=O) groups is 1. The van der Waals surface area contributed by atoms with Crippen LogP contribution in [0.3, 0.4) is 0 Å². The smallest absolute Gasteiger partial charge is 0.239 e. The van der Waals surface area contributed by atoms with Gasteiger partial charge in [0.25, 0.3) is 0 Å². The summed E-state index contributed by atoms with van der Waals surface area (Å²) in [5.74, 6) is 0.271. The Labute approximate surface area is 124 Å². The lowest BCUT2D eigenvalue weighted by Gasteiger charge is -2.23. The van der Waals surface area contributed by atoms with Gasteiger partial charge in [0, 0.05) is 12.7 Å². The van der Waals surface area contributed by atoms with Crippen LogP contribution in [0.4, 0.5) is 5.69 Å². The van der Waals surface area contributed by atoms with Gasteiger partial charge in [0.05, 0.1) is 19.4 Å². The number of amides is 1. The standard InChI is InChI=1S/C16H20N2O3/c1-16(20,14-9-6-10-21-14)12-17-15(19)11-18(2)13-7-4-3-5-8-13/h3-10,20H,11-12H2,1-2H3,(H,17,19). The number of rotatable bonds is 6. The topological polar surface area (TPSA) is 65.7 Å². The van der Waals surface area contributed by atoms with Gasteiger partial charge in [0.2, 0.25) is 5.91 Å². The number of aliphatic hydroxyl groups is 1. The molecule has 0 aliphatic carbocycles. The Balaban J connectivity index is 1.85.